The highest BCUT2D eigenvalue weighted by Gasteiger charge is 2.32. The van der Waals surface area contributed by atoms with E-state index in [0.717, 1.165) is 16.9 Å². The molecule has 2 heterocycles. The summed E-state index contributed by atoms with van der Waals surface area (Å²) >= 11 is 0. The maximum absolute atomic E-state index is 13.7. The van der Waals surface area contributed by atoms with Crippen LogP contribution in [0.4, 0.5) is 0 Å². The number of hydrogen-bond acceptors (Lipinski definition) is 7. The molecule has 2 atom stereocenters. The van der Waals surface area contributed by atoms with Crippen molar-refractivity contribution >= 4 is 11.8 Å². The molecule has 218 valence electrons. The van der Waals surface area contributed by atoms with Crippen LogP contribution in [0.25, 0.3) is 0 Å². The molecule has 2 amide bonds. The lowest BCUT2D eigenvalue weighted by Gasteiger charge is -2.35. The van der Waals surface area contributed by atoms with Gasteiger partial charge in [-0.2, -0.15) is 0 Å². The van der Waals surface area contributed by atoms with Gasteiger partial charge in [0.05, 0.1) is 25.4 Å². The first-order valence-corrected chi connectivity index (χ1v) is 14.5. The van der Waals surface area contributed by atoms with E-state index in [1.54, 1.807) is 0 Å². The summed E-state index contributed by atoms with van der Waals surface area (Å²) in [6, 6.07) is 16.6. The van der Waals surface area contributed by atoms with E-state index in [0.29, 0.717) is 77.6 Å². The molecule has 0 aliphatic carbocycles. The summed E-state index contributed by atoms with van der Waals surface area (Å²) in [5.74, 6) is 0.690. The molecular formula is C31H44N4O5. The number of aliphatic hydroxyl groups is 1. The minimum atomic E-state index is -0.744. The summed E-state index contributed by atoms with van der Waals surface area (Å²) in [5.41, 5.74) is 5.00. The average Bonchev–Trinajstić information content (AvgIpc) is 2.97. The van der Waals surface area contributed by atoms with E-state index < -0.39 is 6.04 Å². The monoisotopic (exact) mass is 552 g/mol. The average molecular weight is 553 g/mol. The number of carbonyl (C=O) groups excluding carboxylic acids is 2. The van der Waals surface area contributed by atoms with Crippen molar-refractivity contribution in [3.8, 4) is 5.75 Å². The molecule has 3 N–H and O–H groups in total. The molecule has 2 aliphatic rings. The zero-order valence-electron chi connectivity index (χ0n) is 23.8. The second-order valence-corrected chi connectivity index (χ2v) is 11.2. The van der Waals surface area contributed by atoms with Crippen LogP contribution in [-0.2, 0) is 27.4 Å². The fourth-order valence-corrected chi connectivity index (χ4v) is 5.14. The number of piperidine rings is 1. The summed E-state index contributed by atoms with van der Waals surface area (Å²) in [4.78, 5) is 29.3. The standard InChI is InChI=1S/C31H44N4O5/c1-23(2)20-29(34-16-18-39-19-17-34)31(38)32-28(30(37)33-35-14-12-26(36)13-15-35)21-24-8-10-27(11-9-24)40-22-25-6-4-3-5-7-25/h3-11,23,26,28-29,36H,12-22H2,1-2H3,(H,32,38)(H,33,37)/t28-,29-/m0/s1. The van der Waals surface area contributed by atoms with Gasteiger partial charge in [-0.05, 0) is 48.4 Å². The maximum Gasteiger partial charge on any atom is 0.257 e. The number of hydrazine groups is 1. The number of nitrogens with zero attached hydrogens (tertiary/aromatic N) is 2. The molecule has 0 spiro atoms. The predicted octanol–water partition coefficient (Wildman–Crippen LogP) is 2.53. The normalized spacial score (nSPS) is 18.7. The second kappa shape index (κ2) is 15.1. The molecule has 9 heteroatoms. The fraction of sp³-hybridized carbons (Fsp3) is 0.548. The Kier molecular flexibility index (Phi) is 11.3. The van der Waals surface area contributed by atoms with Crippen LogP contribution in [0.2, 0.25) is 0 Å². The van der Waals surface area contributed by atoms with E-state index in [-0.39, 0.29) is 24.0 Å². The van der Waals surface area contributed by atoms with Gasteiger partial charge in [0.1, 0.15) is 18.4 Å². The summed E-state index contributed by atoms with van der Waals surface area (Å²) in [7, 11) is 0. The molecule has 4 rings (SSSR count). The number of rotatable bonds is 12. The molecule has 0 bridgehead atoms. The van der Waals surface area contributed by atoms with E-state index in [4.69, 9.17) is 9.47 Å². The number of ether oxygens (including phenoxy) is 2. The minimum absolute atomic E-state index is 0.132. The first-order chi connectivity index (χ1) is 19.4. The quantitative estimate of drug-likeness (QED) is 0.372. The van der Waals surface area contributed by atoms with Gasteiger partial charge in [-0.3, -0.25) is 19.9 Å². The van der Waals surface area contributed by atoms with Gasteiger partial charge in [-0.25, -0.2) is 5.01 Å². The van der Waals surface area contributed by atoms with E-state index in [1.807, 2.05) is 59.6 Å². The highest BCUT2D eigenvalue weighted by molar-refractivity contribution is 5.89. The van der Waals surface area contributed by atoms with Crippen molar-refractivity contribution in [3.63, 3.8) is 0 Å². The van der Waals surface area contributed by atoms with Crippen LogP contribution in [0.15, 0.2) is 54.6 Å². The Morgan fingerprint density at radius 3 is 2.27 bits per heavy atom. The van der Waals surface area contributed by atoms with Gasteiger partial charge in [0.15, 0.2) is 0 Å². The molecule has 9 nitrogen and oxygen atoms in total. The van der Waals surface area contributed by atoms with Crippen molar-refractivity contribution in [1.82, 2.24) is 20.7 Å². The van der Waals surface area contributed by atoms with Crippen LogP contribution < -0.4 is 15.5 Å². The SMILES string of the molecule is CC(C)C[C@@H](C(=O)N[C@@H](Cc1ccc(OCc2ccccc2)cc1)C(=O)NN1CCC(O)CC1)N1CCOCC1. The minimum Gasteiger partial charge on any atom is -0.489 e. The Bertz CT molecular complexity index is 1050. The summed E-state index contributed by atoms with van der Waals surface area (Å²) < 4.78 is 11.4. The van der Waals surface area contributed by atoms with E-state index in [2.05, 4.69) is 29.5 Å². The first kappa shape index (κ1) is 30.0. The van der Waals surface area contributed by atoms with Crippen LogP contribution in [0.5, 0.6) is 5.75 Å². The molecule has 0 unspecified atom stereocenters. The lowest BCUT2D eigenvalue weighted by molar-refractivity contribution is -0.136. The van der Waals surface area contributed by atoms with E-state index in [9.17, 15) is 14.7 Å². The summed E-state index contributed by atoms with van der Waals surface area (Å²) in [6.07, 6.45) is 1.93. The van der Waals surface area contributed by atoms with Gasteiger partial charge in [-0.15, -0.1) is 0 Å². The van der Waals surface area contributed by atoms with Crippen molar-refractivity contribution in [2.24, 2.45) is 5.92 Å². The molecule has 2 saturated heterocycles. The smallest absolute Gasteiger partial charge is 0.257 e. The Labute approximate surface area is 237 Å². The Balaban J connectivity index is 1.44. The van der Waals surface area contributed by atoms with E-state index >= 15 is 0 Å². The Hall–Kier alpha value is -2.98. The fourth-order valence-electron chi connectivity index (χ4n) is 5.14. The lowest BCUT2D eigenvalue weighted by atomic mass is 9.99. The highest BCUT2D eigenvalue weighted by Crippen LogP contribution is 2.18. The number of aliphatic hydroxyl groups excluding tert-OH is 1. The first-order valence-electron chi connectivity index (χ1n) is 14.5. The third-order valence-electron chi connectivity index (χ3n) is 7.46. The van der Waals surface area contributed by atoms with Crippen molar-refractivity contribution in [2.45, 2.75) is 64.3 Å². The Morgan fingerprint density at radius 1 is 0.950 bits per heavy atom. The number of carbonyl (C=O) groups is 2. The topological polar surface area (TPSA) is 103 Å². The number of morpholine rings is 1. The molecule has 2 aliphatic heterocycles. The van der Waals surface area contributed by atoms with Crippen molar-refractivity contribution < 1.29 is 24.2 Å². The van der Waals surface area contributed by atoms with Crippen LogP contribution in [0.3, 0.4) is 0 Å². The predicted molar refractivity (Wildman–Crippen MR) is 153 cm³/mol. The lowest BCUT2D eigenvalue weighted by Crippen LogP contribution is -2.59. The molecule has 0 radical (unpaired) electrons. The summed E-state index contributed by atoms with van der Waals surface area (Å²) in [5, 5.41) is 14.8. The second-order valence-electron chi connectivity index (χ2n) is 11.2. The summed E-state index contributed by atoms with van der Waals surface area (Å²) in [6.45, 7) is 8.44. The van der Waals surface area contributed by atoms with Crippen molar-refractivity contribution in [1.29, 1.82) is 0 Å². The maximum atomic E-state index is 13.7. The molecular weight excluding hydrogens is 508 g/mol. The number of benzene rings is 2. The van der Waals surface area contributed by atoms with Gasteiger partial charge < -0.3 is 19.9 Å². The molecule has 0 aromatic heterocycles. The van der Waals surface area contributed by atoms with Gasteiger partial charge in [0.25, 0.3) is 5.91 Å². The van der Waals surface area contributed by atoms with E-state index in [1.165, 1.54) is 0 Å². The van der Waals surface area contributed by atoms with Crippen LogP contribution in [0, 0.1) is 5.92 Å². The zero-order valence-corrected chi connectivity index (χ0v) is 23.8. The molecule has 40 heavy (non-hydrogen) atoms. The molecule has 0 saturated carbocycles. The van der Waals surface area contributed by atoms with Gasteiger partial charge in [0, 0.05) is 32.6 Å². The molecule has 2 aromatic rings. The highest BCUT2D eigenvalue weighted by atomic mass is 16.5. The number of amides is 2. The van der Waals surface area contributed by atoms with Crippen LogP contribution >= 0.6 is 0 Å². The third kappa shape index (κ3) is 9.30. The van der Waals surface area contributed by atoms with Gasteiger partial charge >= 0.3 is 0 Å². The number of hydrogen-bond donors (Lipinski definition) is 3. The molecule has 2 aromatic carbocycles. The third-order valence-corrected chi connectivity index (χ3v) is 7.46. The van der Waals surface area contributed by atoms with Crippen molar-refractivity contribution in [2.75, 3.05) is 39.4 Å². The van der Waals surface area contributed by atoms with Crippen molar-refractivity contribution in [3.05, 3.63) is 65.7 Å². The molecule has 2 fully saturated rings. The van der Waals surface area contributed by atoms with Gasteiger partial charge in [0.2, 0.25) is 5.91 Å². The largest absolute Gasteiger partial charge is 0.489 e. The van der Waals surface area contributed by atoms with Gasteiger partial charge in [-0.1, -0.05) is 56.3 Å². The number of nitrogens with one attached hydrogen (secondary N) is 2. The Morgan fingerprint density at radius 2 is 1.62 bits per heavy atom. The zero-order chi connectivity index (χ0) is 28.3. The van der Waals surface area contributed by atoms with Crippen LogP contribution in [0.1, 0.15) is 44.2 Å². The van der Waals surface area contributed by atoms with Crippen LogP contribution in [-0.4, -0.2) is 84.4 Å².